The minimum Gasteiger partial charge on any atom is -0.453 e. The summed E-state index contributed by atoms with van der Waals surface area (Å²) in [4.78, 5) is 15.3. The van der Waals surface area contributed by atoms with E-state index in [4.69, 9.17) is 5.73 Å². The molecular formula is C14H22N4O2. The second-order valence-electron chi connectivity index (χ2n) is 4.30. The number of ether oxygens (including phenoxy) is 1. The monoisotopic (exact) mass is 278 g/mol. The van der Waals surface area contributed by atoms with Crippen molar-refractivity contribution in [2.45, 2.75) is 26.3 Å². The molecule has 0 spiro atoms. The van der Waals surface area contributed by atoms with E-state index in [1.54, 1.807) is 12.1 Å². The molecule has 1 amide bonds. The summed E-state index contributed by atoms with van der Waals surface area (Å²) in [5.74, 6) is 0.454. The Morgan fingerprint density at radius 1 is 1.35 bits per heavy atom. The van der Waals surface area contributed by atoms with Gasteiger partial charge in [0.05, 0.1) is 13.7 Å². The van der Waals surface area contributed by atoms with Gasteiger partial charge in [0, 0.05) is 12.2 Å². The molecule has 0 aliphatic heterocycles. The average molecular weight is 278 g/mol. The van der Waals surface area contributed by atoms with Gasteiger partial charge >= 0.3 is 6.09 Å². The van der Waals surface area contributed by atoms with Gasteiger partial charge in [-0.3, -0.25) is 5.32 Å². The summed E-state index contributed by atoms with van der Waals surface area (Å²) in [6.45, 7) is 3.47. The van der Waals surface area contributed by atoms with Crippen LogP contribution in [0.25, 0.3) is 0 Å². The van der Waals surface area contributed by atoms with Crippen LogP contribution in [0.3, 0.4) is 0 Å². The van der Waals surface area contributed by atoms with Crippen LogP contribution in [-0.4, -0.2) is 25.7 Å². The van der Waals surface area contributed by atoms with Crippen LogP contribution in [0.2, 0.25) is 0 Å². The first-order valence-corrected chi connectivity index (χ1v) is 6.63. The molecule has 0 aliphatic rings. The quantitative estimate of drug-likeness (QED) is 0.422. The SMILES string of the molecule is CCCCNC(N)=NCc1ccc(NC(=O)OC)cc1. The van der Waals surface area contributed by atoms with Crippen LogP contribution in [0.4, 0.5) is 10.5 Å². The van der Waals surface area contributed by atoms with Crippen molar-refractivity contribution < 1.29 is 9.53 Å². The third-order valence-corrected chi connectivity index (χ3v) is 2.65. The number of carbonyl (C=O) groups excluding carboxylic acids is 1. The molecule has 0 radical (unpaired) electrons. The molecule has 0 aliphatic carbocycles. The van der Waals surface area contributed by atoms with Crippen LogP contribution in [0.5, 0.6) is 0 Å². The van der Waals surface area contributed by atoms with Crippen molar-refractivity contribution in [3.8, 4) is 0 Å². The Bertz CT molecular complexity index is 443. The van der Waals surface area contributed by atoms with Crippen LogP contribution in [0.1, 0.15) is 25.3 Å². The van der Waals surface area contributed by atoms with E-state index in [1.165, 1.54) is 7.11 Å². The van der Waals surface area contributed by atoms with E-state index in [0.29, 0.717) is 18.2 Å². The molecule has 6 nitrogen and oxygen atoms in total. The first kappa shape index (κ1) is 15.8. The summed E-state index contributed by atoms with van der Waals surface area (Å²) in [7, 11) is 1.33. The first-order chi connectivity index (χ1) is 9.65. The number of rotatable bonds is 6. The van der Waals surface area contributed by atoms with Crippen molar-refractivity contribution in [1.82, 2.24) is 5.32 Å². The Hall–Kier alpha value is -2.24. The van der Waals surface area contributed by atoms with Gasteiger partial charge in [0.15, 0.2) is 5.96 Å². The normalized spacial score (nSPS) is 11.0. The molecule has 0 bridgehead atoms. The largest absolute Gasteiger partial charge is 0.453 e. The van der Waals surface area contributed by atoms with Crippen molar-refractivity contribution >= 4 is 17.7 Å². The van der Waals surface area contributed by atoms with Crippen molar-refractivity contribution in [2.75, 3.05) is 19.0 Å². The Morgan fingerprint density at radius 3 is 2.65 bits per heavy atom. The number of aliphatic imine (C=N–C) groups is 1. The van der Waals surface area contributed by atoms with E-state index in [-0.39, 0.29) is 0 Å². The van der Waals surface area contributed by atoms with Crippen LogP contribution >= 0.6 is 0 Å². The number of hydrogen-bond acceptors (Lipinski definition) is 3. The molecule has 0 unspecified atom stereocenters. The Balaban J connectivity index is 2.44. The lowest BCUT2D eigenvalue weighted by atomic mass is 10.2. The molecule has 1 rings (SSSR count). The second-order valence-corrected chi connectivity index (χ2v) is 4.30. The molecule has 0 fully saturated rings. The maximum Gasteiger partial charge on any atom is 0.411 e. The summed E-state index contributed by atoms with van der Waals surface area (Å²) in [5, 5.41) is 5.64. The smallest absolute Gasteiger partial charge is 0.411 e. The minimum atomic E-state index is -0.486. The van der Waals surface area contributed by atoms with Crippen LogP contribution < -0.4 is 16.4 Å². The zero-order valence-electron chi connectivity index (χ0n) is 12.0. The predicted molar refractivity (Wildman–Crippen MR) is 80.7 cm³/mol. The fourth-order valence-electron chi connectivity index (χ4n) is 1.49. The third kappa shape index (κ3) is 6.08. The molecule has 0 heterocycles. The standard InChI is InChI=1S/C14H22N4O2/c1-3-4-9-16-13(15)17-10-11-5-7-12(8-6-11)18-14(19)20-2/h5-8H,3-4,9-10H2,1-2H3,(H,18,19)(H3,15,16,17). The number of unbranched alkanes of at least 4 members (excludes halogenated alkanes) is 1. The van der Waals surface area contributed by atoms with Gasteiger partial charge in [-0.1, -0.05) is 25.5 Å². The second kappa shape index (κ2) is 8.79. The first-order valence-electron chi connectivity index (χ1n) is 6.63. The molecule has 4 N–H and O–H groups in total. The number of nitrogens with zero attached hydrogens (tertiary/aromatic N) is 1. The van der Waals surface area contributed by atoms with Gasteiger partial charge < -0.3 is 15.8 Å². The van der Waals surface area contributed by atoms with Gasteiger partial charge in [-0.15, -0.1) is 0 Å². The number of benzene rings is 1. The van der Waals surface area contributed by atoms with Crippen molar-refractivity contribution in [3.63, 3.8) is 0 Å². The minimum absolute atomic E-state index is 0.454. The molecule has 1 aromatic rings. The number of nitrogens with one attached hydrogen (secondary N) is 2. The lowest BCUT2D eigenvalue weighted by molar-refractivity contribution is 0.187. The Labute approximate surface area is 119 Å². The molecular weight excluding hydrogens is 256 g/mol. The van der Waals surface area contributed by atoms with Crippen LogP contribution in [-0.2, 0) is 11.3 Å². The zero-order chi connectivity index (χ0) is 14.8. The predicted octanol–water partition coefficient (Wildman–Crippen LogP) is 2.07. The van der Waals surface area contributed by atoms with E-state index in [2.05, 4.69) is 27.3 Å². The molecule has 0 atom stereocenters. The fraction of sp³-hybridized carbons (Fsp3) is 0.429. The van der Waals surface area contributed by atoms with Crippen LogP contribution in [0, 0.1) is 0 Å². The van der Waals surface area contributed by atoms with Gasteiger partial charge in [-0.25, -0.2) is 9.79 Å². The Kier molecular flexibility index (Phi) is 6.95. The van der Waals surface area contributed by atoms with Gasteiger partial charge in [-0.05, 0) is 24.1 Å². The highest BCUT2D eigenvalue weighted by Crippen LogP contribution is 2.10. The number of nitrogens with two attached hydrogens (primary N) is 1. The third-order valence-electron chi connectivity index (χ3n) is 2.65. The summed E-state index contributed by atoms with van der Waals surface area (Å²) in [6.07, 6.45) is 1.71. The number of carbonyl (C=O) groups is 1. The van der Waals surface area contributed by atoms with E-state index in [9.17, 15) is 4.79 Å². The highest BCUT2D eigenvalue weighted by atomic mass is 16.5. The molecule has 6 heteroatoms. The molecule has 0 aromatic heterocycles. The topological polar surface area (TPSA) is 88.7 Å². The lowest BCUT2D eigenvalue weighted by Gasteiger charge is -2.06. The molecule has 0 saturated carbocycles. The molecule has 110 valence electrons. The maximum atomic E-state index is 11.0. The van der Waals surface area contributed by atoms with Crippen LogP contribution in [0.15, 0.2) is 29.3 Å². The highest BCUT2D eigenvalue weighted by Gasteiger charge is 2.00. The average Bonchev–Trinajstić information content (AvgIpc) is 2.46. The van der Waals surface area contributed by atoms with Crippen molar-refractivity contribution in [3.05, 3.63) is 29.8 Å². The van der Waals surface area contributed by atoms with Crippen molar-refractivity contribution in [2.24, 2.45) is 10.7 Å². The van der Waals surface area contributed by atoms with E-state index < -0.39 is 6.09 Å². The fourth-order valence-corrected chi connectivity index (χ4v) is 1.49. The van der Waals surface area contributed by atoms with Crippen molar-refractivity contribution in [1.29, 1.82) is 0 Å². The number of anilines is 1. The number of hydrogen-bond donors (Lipinski definition) is 3. The van der Waals surface area contributed by atoms with E-state index in [0.717, 1.165) is 24.9 Å². The molecule has 20 heavy (non-hydrogen) atoms. The van der Waals surface area contributed by atoms with Gasteiger partial charge in [-0.2, -0.15) is 0 Å². The lowest BCUT2D eigenvalue weighted by Crippen LogP contribution is -2.32. The molecule has 1 aromatic carbocycles. The van der Waals surface area contributed by atoms with Gasteiger partial charge in [0.25, 0.3) is 0 Å². The highest BCUT2D eigenvalue weighted by molar-refractivity contribution is 5.84. The van der Waals surface area contributed by atoms with Gasteiger partial charge in [0.1, 0.15) is 0 Å². The number of amides is 1. The molecule has 0 saturated heterocycles. The number of methoxy groups -OCH3 is 1. The summed E-state index contributed by atoms with van der Waals surface area (Å²) < 4.78 is 4.51. The number of guanidine groups is 1. The van der Waals surface area contributed by atoms with Gasteiger partial charge in [0.2, 0.25) is 0 Å². The maximum absolute atomic E-state index is 11.0. The Morgan fingerprint density at radius 2 is 2.05 bits per heavy atom. The summed E-state index contributed by atoms with van der Waals surface area (Å²) in [5.41, 5.74) is 7.44. The van der Waals surface area contributed by atoms with E-state index >= 15 is 0 Å². The van der Waals surface area contributed by atoms with E-state index in [1.807, 2.05) is 12.1 Å². The summed E-state index contributed by atoms with van der Waals surface area (Å²) in [6, 6.07) is 7.35. The summed E-state index contributed by atoms with van der Waals surface area (Å²) >= 11 is 0. The zero-order valence-corrected chi connectivity index (χ0v) is 12.0.